The molecule has 5 N–H and O–H groups in total. The van der Waals surface area contributed by atoms with E-state index in [9.17, 15) is 28.8 Å². The van der Waals surface area contributed by atoms with Crippen molar-refractivity contribution in [3.05, 3.63) is 93.6 Å². The molecule has 342 valence electrons. The smallest absolute Gasteiger partial charge is 0.255 e. The summed E-state index contributed by atoms with van der Waals surface area (Å²) in [6.45, 7) is 4.74. The second-order valence-electron chi connectivity index (χ2n) is 16.3. The highest BCUT2D eigenvalue weighted by molar-refractivity contribution is 9.10. The number of carbonyl (C=O) groups excluding carboxylic acids is 6. The lowest BCUT2D eigenvalue weighted by molar-refractivity contribution is -0.137. The van der Waals surface area contributed by atoms with Crippen LogP contribution in [0.2, 0.25) is 0 Å². The topological polar surface area (TPSA) is 207 Å². The van der Waals surface area contributed by atoms with Crippen molar-refractivity contribution in [3.63, 3.8) is 0 Å². The molecule has 7 rings (SSSR count). The van der Waals surface area contributed by atoms with Gasteiger partial charge in [0.05, 0.1) is 19.0 Å². The molecular weight excluding hydrogens is 896 g/mol. The van der Waals surface area contributed by atoms with Gasteiger partial charge in [0, 0.05) is 66.4 Å². The number of nitrogens with one attached hydrogen (secondary N) is 5. The quantitative estimate of drug-likeness (QED) is 0.0526. The van der Waals surface area contributed by atoms with Crippen LogP contribution >= 0.6 is 15.9 Å². The van der Waals surface area contributed by atoms with Gasteiger partial charge in [-0.3, -0.25) is 34.1 Å². The Bertz CT molecular complexity index is 2430. The van der Waals surface area contributed by atoms with Crippen molar-refractivity contribution in [3.8, 4) is 5.75 Å². The van der Waals surface area contributed by atoms with E-state index in [1.807, 2.05) is 36.1 Å². The third-order valence-corrected chi connectivity index (χ3v) is 12.4. The molecule has 4 aromatic rings. The fourth-order valence-electron chi connectivity index (χ4n) is 8.37. The summed E-state index contributed by atoms with van der Waals surface area (Å²) in [4.78, 5) is 90.8. The molecule has 17 nitrogen and oxygen atoms in total. The molecule has 1 fully saturated rings. The molecule has 2 atom stereocenters. The summed E-state index contributed by atoms with van der Waals surface area (Å²) < 4.78 is 6.63. The van der Waals surface area contributed by atoms with Crippen LogP contribution in [0.4, 0.5) is 28.8 Å². The molecular formula is C47H55BrN10O7. The van der Waals surface area contributed by atoms with Crippen molar-refractivity contribution in [1.29, 1.82) is 0 Å². The number of ether oxygens (including phenoxy) is 1. The molecule has 1 saturated heterocycles. The second-order valence-corrected chi connectivity index (χ2v) is 17.2. The summed E-state index contributed by atoms with van der Waals surface area (Å²) in [7, 11) is 3.28. The normalized spacial score (nSPS) is 16.8. The summed E-state index contributed by atoms with van der Waals surface area (Å²) in [5.41, 5.74) is 4.40. The average molecular weight is 952 g/mol. The molecule has 18 heteroatoms. The Balaban J connectivity index is 0.797. The minimum absolute atomic E-state index is 0.0164. The number of hydrogen-bond donors (Lipinski definition) is 5. The first-order chi connectivity index (χ1) is 31.4. The maximum Gasteiger partial charge on any atom is 0.255 e. The molecule has 0 saturated carbocycles. The Morgan fingerprint density at radius 1 is 0.938 bits per heavy atom. The predicted octanol–water partition coefficient (Wildman–Crippen LogP) is 5.81. The van der Waals surface area contributed by atoms with E-state index in [4.69, 9.17) is 9.72 Å². The monoisotopic (exact) mass is 950 g/mol. The van der Waals surface area contributed by atoms with Crippen LogP contribution in [0, 0.1) is 0 Å². The Hall–Kier alpha value is -6.40. The lowest BCUT2D eigenvalue weighted by Gasteiger charge is -2.40. The first kappa shape index (κ1) is 46.6. The number of carbonyl (C=O) groups is 6. The van der Waals surface area contributed by atoms with Crippen molar-refractivity contribution in [2.45, 2.75) is 89.9 Å². The Morgan fingerprint density at radius 2 is 1.72 bits per heavy atom. The standard InChI is InChI=1S/C47H55BrN10O7/c1-4-36-46(64)56(2)38-26-51-47(55-42(38)57(36)27-29-14-17-31(48)18-15-29)53-35-19-16-30(25-39(35)65-3)43(61)50-24-10-23-49-22-8-6-5-7-13-40(59)52-34-12-9-11-32-33(34)28-58(45(32)63)37-20-21-41(60)54-44(37)62/h9,11-12,14-19,25-26,36-37,49H,4-8,10,13,20-24,27-28H2,1-3H3,(H,50,61)(H,52,59)(H,51,53,55)(H,54,60,62). The summed E-state index contributed by atoms with van der Waals surface area (Å²) in [6, 6.07) is 17.2. The number of imide groups is 1. The third kappa shape index (κ3) is 11.1. The fraction of sp³-hybridized carbons (Fsp3) is 0.404. The van der Waals surface area contributed by atoms with E-state index in [2.05, 4.69) is 47.5 Å². The zero-order chi connectivity index (χ0) is 46.0. The number of amides is 6. The molecule has 3 aliphatic heterocycles. The van der Waals surface area contributed by atoms with Crippen LogP contribution in [0.25, 0.3) is 0 Å². The lowest BCUT2D eigenvalue weighted by atomic mass is 10.0. The van der Waals surface area contributed by atoms with Gasteiger partial charge >= 0.3 is 0 Å². The van der Waals surface area contributed by atoms with Gasteiger partial charge in [0.25, 0.3) is 11.8 Å². The number of aromatic nitrogens is 2. The average Bonchev–Trinajstić information content (AvgIpc) is 3.64. The van der Waals surface area contributed by atoms with E-state index in [0.717, 1.165) is 55.2 Å². The summed E-state index contributed by atoms with van der Waals surface area (Å²) >= 11 is 3.49. The Labute approximate surface area is 386 Å². The highest BCUT2D eigenvalue weighted by Crippen LogP contribution is 2.38. The summed E-state index contributed by atoms with van der Waals surface area (Å²) in [5.74, 6) is -0.0367. The Kier molecular flexibility index (Phi) is 15.4. The molecule has 6 amide bonds. The number of hydrogen-bond acceptors (Lipinski definition) is 12. The number of piperidine rings is 1. The molecule has 0 radical (unpaired) electrons. The SMILES string of the molecule is CCC1C(=O)N(C)c2cnc(Nc3ccc(C(=O)NCCCNCCCCCCC(=O)Nc4cccc5c4CN(C4CCC(=O)NC4=O)C5=O)cc3OC)nc2N1Cc1ccc(Br)cc1. The largest absolute Gasteiger partial charge is 0.495 e. The zero-order valence-electron chi connectivity index (χ0n) is 36.9. The van der Waals surface area contributed by atoms with Gasteiger partial charge in [-0.15, -0.1) is 0 Å². The predicted molar refractivity (Wildman–Crippen MR) is 250 cm³/mol. The number of unbranched alkanes of at least 4 members (excludes halogenated alkanes) is 3. The van der Waals surface area contributed by atoms with Crippen LogP contribution in [0.3, 0.4) is 0 Å². The lowest BCUT2D eigenvalue weighted by Crippen LogP contribution is -2.52. The van der Waals surface area contributed by atoms with E-state index in [-0.39, 0.29) is 48.9 Å². The van der Waals surface area contributed by atoms with Gasteiger partial charge in [0.1, 0.15) is 23.5 Å². The van der Waals surface area contributed by atoms with Crippen LogP contribution in [-0.4, -0.2) is 96.2 Å². The highest BCUT2D eigenvalue weighted by atomic mass is 79.9. The molecule has 3 aromatic carbocycles. The van der Waals surface area contributed by atoms with Gasteiger partial charge < -0.3 is 40.7 Å². The van der Waals surface area contributed by atoms with E-state index in [1.165, 1.54) is 12.0 Å². The maximum atomic E-state index is 13.3. The van der Waals surface area contributed by atoms with Crippen molar-refractivity contribution in [1.82, 2.24) is 30.8 Å². The van der Waals surface area contributed by atoms with Gasteiger partial charge in [0.2, 0.25) is 29.6 Å². The first-order valence-corrected chi connectivity index (χ1v) is 22.9. The first-order valence-electron chi connectivity index (χ1n) is 22.1. The molecule has 0 aliphatic carbocycles. The second kappa shape index (κ2) is 21.5. The number of rotatable bonds is 20. The van der Waals surface area contributed by atoms with E-state index < -0.39 is 18.0 Å². The number of benzene rings is 3. The molecule has 2 unspecified atom stereocenters. The van der Waals surface area contributed by atoms with Crippen molar-refractivity contribution in [2.24, 2.45) is 0 Å². The Morgan fingerprint density at radius 3 is 2.49 bits per heavy atom. The highest BCUT2D eigenvalue weighted by Gasteiger charge is 2.40. The molecule has 4 heterocycles. The van der Waals surface area contributed by atoms with Crippen molar-refractivity contribution < 1.29 is 33.5 Å². The number of anilines is 5. The molecule has 65 heavy (non-hydrogen) atoms. The van der Waals surface area contributed by atoms with Crippen LogP contribution in [0.15, 0.2) is 71.3 Å². The molecule has 3 aliphatic rings. The van der Waals surface area contributed by atoms with Crippen LogP contribution in [-0.2, 0) is 32.3 Å². The van der Waals surface area contributed by atoms with E-state index >= 15 is 0 Å². The molecule has 0 spiro atoms. The number of likely N-dealkylation sites (N-methyl/N-ethyl adjacent to an activating group) is 1. The fourth-order valence-corrected chi connectivity index (χ4v) is 8.63. The van der Waals surface area contributed by atoms with Crippen molar-refractivity contribution in [2.75, 3.05) is 54.2 Å². The van der Waals surface area contributed by atoms with E-state index in [1.54, 1.807) is 54.5 Å². The third-order valence-electron chi connectivity index (χ3n) is 11.9. The minimum Gasteiger partial charge on any atom is -0.495 e. The number of methoxy groups -OCH3 is 1. The minimum atomic E-state index is -0.712. The van der Waals surface area contributed by atoms with Gasteiger partial charge in [-0.25, -0.2) is 4.98 Å². The van der Waals surface area contributed by atoms with Gasteiger partial charge in [0.15, 0.2) is 5.82 Å². The number of nitrogens with zero attached hydrogens (tertiary/aromatic N) is 5. The van der Waals surface area contributed by atoms with Crippen LogP contribution in [0.5, 0.6) is 5.75 Å². The molecule has 1 aromatic heterocycles. The van der Waals surface area contributed by atoms with Crippen molar-refractivity contribution >= 4 is 80.2 Å². The van der Waals surface area contributed by atoms with Gasteiger partial charge in [-0.1, -0.05) is 53.9 Å². The van der Waals surface area contributed by atoms with E-state index in [0.29, 0.717) is 77.2 Å². The summed E-state index contributed by atoms with van der Waals surface area (Å²) in [6.07, 6.45) is 7.34. The molecule has 0 bridgehead atoms. The zero-order valence-corrected chi connectivity index (χ0v) is 38.5. The van der Waals surface area contributed by atoms with Crippen LogP contribution < -0.4 is 41.1 Å². The van der Waals surface area contributed by atoms with Gasteiger partial charge in [-0.2, -0.15) is 4.98 Å². The summed E-state index contributed by atoms with van der Waals surface area (Å²) in [5, 5.41) is 14.9. The number of fused-ring (bicyclic) bond motifs is 2. The van der Waals surface area contributed by atoms with Crippen LogP contribution in [0.1, 0.15) is 96.6 Å². The number of halogens is 1. The maximum absolute atomic E-state index is 13.3. The van der Waals surface area contributed by atoms with Gasteiger partial charge in [-0.05, 0) is 93.2 Å².